The Hall–Kier alpha value is -1.10. The summed E-state index contributed by atoms with van der Waals surface area (Å²) in [6, 6.07) is -0.854. The lowest BCUT2D eigenvalue weighted by atomic mass is 10.2. The molecule has 0 aliphatic carbocycles. The number of nitrogens with zero attached hydrogens (tertiary/aromatic N) is 1. The maximum atomic E-state index is 11.2. The minimum Gasteiger partial charge on any atom is -0.480 e. The zero-order valence-corrected chi connectivity index (χ0v) is 7.90. The highest BCUT2D eigenvalue weighted by molar-refractivity contribution is 5.83. The van der Waals surface area contributed by atoms with Crippen LogP contribution in [0.5, 0.6) is 0 Å². The van der Waals surface area contributed by atoms with Crippen LogP contribution in [0.1, 0.15) is 20.8 Å². The average Bonchev–Trinajstić information content (AvgIpc) is 2.24. The zero-order valence-electron chi connectivity index (χ0n) is 7.90. The molecular formula is C8H13NO4. The van der Waals surface area contributed by atoms with Gasteiger partial charge in [-0.3, -0.25) is 9.69 Å². The summed E-state index contributed by atoms with van der Waals surface area (Å²) in [6.07, 6.45) is 0. The van der Waals surface area contributed by atoms with Crippen molar-refractivity contribution in [1.29, 1.82) is 0 Å². The van der Waals surface area contributed by atoms with Gasteiger partial charge in [-0.15, -0.1) is 0 Å². The molecule has 13 heavy (non-hydrogen) atoms. The Balaban J connectivity index is 2.92. The van der Waals surface area contributed by atoms with Gasteiger partial charge in [0.1, 0.15) is 5.72 Å². The normalized spacial score (nSPS) is 26.1. The molecule has 0 bridgehead atoms. The third-order valence-corrected chi connectivity index (χ3v) is 2.11. The molecule has 0 radical (unpaired) electrons. The first-order chi connectivity index (χ1) is 5.86. The average molecular weight is 187 g/mol. The first-order valence-electron chi connectivity index (χ1n) is 4.03. The summed E-state index contributed by atoms with van der Waals surface area (Å²) >= 11 is 0. The molecule has 0 spiro atoms. The third-order valence-electron chi connectivity index (χ3n) is 2.11. The lowest BCUT2D eigenvalue weighted by molar-refractivity contribution is -0.153. The molecular weight excluding hydrogens is 174 g/mol. The van der Waals surface area contributed by atoms with Gasteiger partial charge in [0, 0.05) is 6.92 Å². The summed E-state index contributed by atoms with van der Waals surface area (Å²) in [7, 11) is 0. The monoisotopic (exact) mass is 187 g/mol. The van der Waals surface area contributed by atoms with Crippen LogP contribution in [-0.2, 0) is 14.3 Å². The van der Waals surface area contributed by atoms with E-state index in [1.807, 2.05) is 0 Å². The lowest BCUT2D eigenvalue weighted by Crippen LogP contribution is -2.49. The Labute approximate surface area is 76.3 Å². The lowest BCUT2D eigenvalue weighted by Gasteiger charge is -2.30. The number of rotatable bonds is 1. The van der Waals surface area contributed by atoms with Crippen molar-refractivity contribution in [2.45, 2.75) is 32.5 Å². The first-order valence-corrected chi connectivity index (χ1v) is 4.03. The van der Waals surface area contributed by atoms with Crippen LogP contribution in [0.15, 0.2) is 0 Å². The smallest absolute Gasteiger partial charge is 0.328 e. The number of amides is 1. The molecule has 1 N–H and O–H groups in total. The molecule has 5 nitrogen and oxygen atoms in total. The van der Waals surface area contributed by atoms with Gasteiger partial charge in [0.2, 0.25) is 5.91 Å². The topological polar surface area (TPSA) is 66.8 Å². The van der Waals surface area contributed by atoms with E-state index < -0.39 is 17.7 Å². The van der Waals surface area contributed by atoms with Crippen molar-refractivity contribution in [3.63, 3.8) is 0 Å². The summed E-state index contributed by atoms with van der Waals surface area (Å²) < 4.78 is 5.21. The van der Waals surface area contributed by atoms with Gasteiger partial charge in [0.05, 0.1) is 6.61 Å². The van der Waals surface area contributed by atoms with Gasteiger partial charge in [-0.05, 0) is 13.8 Å². The zero-order chi connectivity index (χ0) is 10.2. The molecule has 0 aromatic heterocycles. The van der Waals surface area contributed by atoms with E-state index in [1.54, 1.807) is 13.8 Å². The van der Waals surface area contributed by atoms with Gasteiger partial charge >= 0.3 is 5.97 Å². The van der Waals surface area contributed by atoms with Crippen molar-refractivity contribution in [3.8, 4) is 0 Å². The Kier molecular flexibility index (Phi) is 2.30. The van der Waals surface area contributed by atoms with Crippen LogP contribution < -0.4 is 0 Å². The van der Waals surface area contributed by atoms with Crippen molar-refractivity contribution in [2.24, 2.45) is 0 Å². The van der Waals surface area contributed by atoms with E-state index in [0.717, 1.165) is 0 Å². The van der Waals surface area contributed by atoms with Crippen LogP contribution in [0.3, 0.4) is 0 Å². The second kappa shape index (κ2) is 2.99. The molecule has 1 fully saturated rings. The highest BCUT2D eigenvalue weighted by Gasteiger charge is 2.45. The van der Waals surface area contributed by atoms with Gasteiger partial charge in [0.25, 0.3) is 0 Å². The molecule has 1 amide bonds. The van der Waals surface area contributed by atoms with Crippen LogP contribution in [0.4, 0.5) is 0 Å². The minimum absolute atomic E-state index is 0.0575. The quantitative estimate of drug-likeness (QED) is 0.630. The second-order valence-corrected chi connectivity index (χ2v) is 3.50. The predicted octanol–water partition coefficient (Wildman–Crippen LogP) is 0.0544. The molecule has 1 atom stereocenters. The van der Waals surface area contributed by atoms with Crippen molar-refractivity contribution in [1.82, 2.24) is 4.90 Å². The molecule has 1 saturated heterocycles. The predicted molar refractivity (Wildman–Crippen MR) is 44.0 cm³/mol. The molecule has 1 rings (SSSR count). The number of carboxylic acids is 1. The number of carbonyl (C=O) groups is 2. The van der Waals surface area contributed by atoms with Gasteiger partial charge in [-0.1, -0.05) is 0 Å². The van der Waals surface area contributed by atoms with Gasteiger partial charge in [-0.25, -0.2) is 4.79 Å². The first kappa shape index (κ1) is 9.98. The number of hydrogen-bond acceptors (Lipinski definition) is 3. The highest BCUT2D eigenvalue weighted by Crippen LogP contribution is 2.27. The van der Waals surface area contributed by atoms with Crippen LogP contribution in [0.2, 0.25) is 0 Å². The Bertz CT molecular complexity index is 249. The molecule has 5 heteroatoms. The minimum atomic E-state index is -1.03. The van der Waals surface area contributed by atoms with E-state index in [1.165, 1.54) is 11.8 Å². The highest BCUT2D eigenvalue weighted by atomic mass is 16.5. The van der Waals surface area contributed by atoms with E-state index in [2.05, 4.69) is 0 Å². The number of aliphatic carboxylic acids is 1. The molecule has 1 aliphatic rings. The molecule has 0 aromatic carbocycles. The van der Waals surface area contributed by atoms with E-state index in [0.29, 0.717) is 0 Å². The van der Waals surface area contributed by atoms with Crippen LogP contribution in [0, 0.1) is 0 Å². The van der Waals surface area contributed by atoms with E-state index in [-0.39, 0.29) is 12.5 Å². The summed E-state index contributed by atoms with van der Waals surface area (Å²) in [5.41, 5.74) is -0.811. The van der Waals surface area contributed by atoms with Crippen LogP contribution in [0.25, 0.3) is 0 Å². The van der Waals surface area contributed by atoms with Crippen molar-refractivity contribution >= 4 is 11.9 Å². The fraction of sp³-hybridized carbons (Fsp3) is 0.750. The standard InChI is InChI=1S/C8H13NO4/c1-5(10)9-6(7(11)12)4-13-8(9,2)3/h6H,4H2,1-3H3,(H,11,12)/t6-/m1/s1. The summed E-state index contributed by atoms with van der Waals surface area (Å²) in [5, 5.41) is 8.79. The van der Waals surface area contributed by atoms with Crippen molar-refractivity contribution in [2.75, 3.05) is 6.61 Å². The van der Waals surface area contributed by atoms with Gasteiger partial charge < -0.3 is 9.84 Å². The van der Waals surface area contributed by atoms with E-state index >= 15 is 0 Å². The fourth-order valence-electron chi connectivity index (χ4n) is 1.58. The van der Waals surface area contributed by atoms with Gasteiger partial charge in [-0.2, -0.15) is 0 Å². The summed E-state index contributed by atoms with van der Waals surface area (Å²) in [6.45, 7) is 4.75. The fourth-order valence-corrected chi connectivity index (χ4v) is 1.58. The largest absolute Gasteiger partial charge is 0.480 e. The molecule has 74 valence electrons. The maximum absolute atomic E-state index is 11.2. The number of carboxylic acid groups (broad SMARTS) is 1. The molecule has 0 saturated carbocycles. The van der Waals surface area contributed by atoms with Crippen molar-refractivity contribution < 1.29 is 19.4 Å². The SMILES string of the molecule is CC(=O)N1[C@@H](C(=O)O)COC1(C)C. The van der Waals surface area contributed by atoms with E-state index in [9.17, 15) is 9.59 Å². The summed E-state index contributed by atoms with van der Waals surface area (Å²) in [4.78, 5) is 23.1. The maximum Gasteiger partial charge on any atom is 0.328 e. The molecule has 1 aliphatic heterocycles. The summed E-state index contributed by atoms with van der Waals surface area (Å²) in [5.74, 6) is -1.31. The number of hydrogen-bond donors (Lipinski definition) is 1. The Morgan fingerprint density at radius 3 is 2.38 bits per heavy atom. The Morgan fingerprint density at radius 1 is 1.54 bits per heavy atom. The van der Waals surface area contributed by atoms with Gasteiger partial charge in [0.15, 0.2) is 6.04 Å². The molecule has 1 heterocycles. The van der Waals surface area contributed by atoms with Crippen molar-refractivity contribution in [3.05, 3.63) is 0 Å². The van der Waals surface area contributed by atoms with Crippen LogP contribution in [-0.4, -0.2) is 40.3 Å². The second-order valence-electron chi connectivity index (χ2n) is 3.50. The number of carbonyl (C=O) groups excluding carboxylic acids is 1. The Morgan fingerprint density at radius 2 is 2.08 bits per heavy atom. The van der Waals surface area contributed by atoms with Crippen LogP contribution >= 0.6 is 0 Å². The molecule has 0 unspecified atom stereocenters. The molecule has 0 aromatic rings. The third kappa shape index (κ3) is 1.65. The van der Waals surface area contributed by atoms with E-state index in [4.69, 9.17) is 9.84 Å². The number of ether oxygens (including phenoxy) is 1.